The highest BCUT2D eigenvalue weighted by Crippen LogP contribution is 2.34. The minimum Gasteiger partial charge on any atom is -0.481 e. The van der Waals surface area contributed by atoms with Crippen LogP contribution in [-0.2, 0) is 4.79 Å². The zero-order valence-electron chi connectivity index (χ0n) is 18.0. The first-order valence-corrected chi connectivity index (χ1v) is 13.2. The second kappa shape index (κ2) is 9.76. The van der Waals surface area contributed by atoms with Crippen LogP contribution in [0.4, 0.5) is 15.6 Å². The van der Waals surface area contributed by atoms with E-state index in [4.69, 9.17) is 0 Å². The van der Waals surface area contributed by atoms with Crippen LogP contribution in [0.3, 0.4) is 0 Å². The van der Waals surface area contributed by atoms with Gasteiger partial charge in [-0.2, -0.15) is 0 Å². The summed E-state index contributed by atoms with van der Waals surface area (Å²) in [7, 11) is 0. The molecule has 0 unspecified atom stereocenters. The van der Waals surface area contributed by atoms with Gasteiger partial charge in [-0.3, -0.25) is 15.0 Å². The highest BCUT2D eigenvalue weighted by atomic mass is 32.2. The summed E-state index contributed by atoms with van der Waals surface area (Å²) in [6, 6.07) is 5.74. The fourth-order valence-electron chi connectivity index (χ4n) is 3.62. The lowest BCUT2D eigenvalue weighted by atomic mass is 9.97. The van der Waals surface area contributed by atoms with E-state index in [1.54, 1.807) is 31.4 Å². The van der Waals surface area contributed by atoms with Crippen LogP contribution in [0.2, 0.25) is 0 Å². The van der Waals surface area contributed by atoms with Gasteiger partial charge in [0.15, 0.2) is 5.13 Å². The monoisotopic (exact) mass is 490 g/mol. The van der Waals surface area contributed by atoms with Crippen molar-refractivity contribution in [2.45, 2.75) is 43.7 Å². The van der Waals surface area contributed by atoms with Crippen LogP contribution in [0.25, 0.3) is 10.2 Å². The zero-order chi connectivity index (χ0) is 22.7. The Morgan fingerprint density at radius 3 is 2.81 bits per heavy atom. The molecule has 1 aromatic carbocycles. The predicted molar refractivity (Wildman–Crippen MR) is 132 cm³/mol. The summed E-state index contributed by atoms with van der Waals surface area (Å²) in [5, 5.41) is 12.8. The fraction of sp³-hybridized carbons (Fsp3) is 0.455. The number of anilines is 2. The molecule has 32 heavy (non-hydrogen) atoms. The molecule has 1 aliphatic rings. The second-order valence-corrected chi connectivity index (χ2v) is 11.9. The van der Waals surface area contributed by atoms with E-state index in [0.717, 1.165) is 33.0 Å². The van der Waals surface area contributed by atoms with Gasteiger partial charge in [0.25, 0.3) is 0 Å². The number of nitrogens with zero attached hydrogens (tertiary/aromatic N) is 3. The molecule has 1 fully saturated rings. The predicted octanol–water partition coefficient (Wildman–Crippen LogP) is 6.18. The second-order valence-electron chi connectivity index (χ2n) is 8.66. The zero-order valence-corrected chi connectivity index (χ0v) is 20.5. The Morgan fingerprint density at radius 2 is 2.06 bits per heavy atom. The number of carbonyl (C=O) groups excluding carboxylic acids is 1. The Morgan fingerprint density at radius 1 is 1.28 bits per heavy atom. The summed E-state index contributed by atoms with van der Waals surface area (Å²) >= 11 is 4.37. The normalized spacial score (nSPS) is 14.7. The number of aromatic nitrogens is 2. The molecule has 0 atom stereocenters. The Kier molecular flexibility index (Phi) is 7.02. The molecular weight excluding hydrogens is 464 g/mol. The van der Waals surface area contributed by atoms with Gasteiger partial charge in [0.2, 0.25) is 0 Å². The summed E-state index contributed by atoms with van der Waals surface area (Å²) in [6.07, 6.45) is 6.41. The summed E-state index contributed by atoms with van der Waals surface area (Å²) in [6.45, 7) is 4.08. The summed E-state index contributed by atoms with van der Waals surface area (Å²) in [5.41, 5.74) is 2.79. The number of aliphatic carboxylic acids is 1. The van der Waals surface area contributed by atoms with E-state index in [1.807, 2.05) is 28.6 Å². The van der Waals surface area contributed by atoms with Gasteiger partial charge < -0.3 is 5.11 Å². The molecule has 4 rings (SSSR count). The highest BCUT2D eigenvalue weighted by Gasteiger charge is 2.28. The number of thioether (sulfide) groups is 1. The number of nitrogens with one attached hydrogen (secondary N) is 1. The number of hydrogen-bond donors (Lipinski definition) is 2. The van der Waals surface area contributed by atoms with Gasteiger partial charge in [-0.1, -0.05) is 24.2 Å². The van der Waals surface area contributed by atoms with Crippen LogP contribution in [0.5, 0.6) is 0 Å². The molecule has 1 aliphatic carbocycles. The van der Waals surface area contributed by atoms with E-state index in [9.17, 15) is 14.7 Å². The lowest BCUT2D eigenvalue weighted by Gasteiger charge is -2.25. The first kappa shape index (κ1) is 23.0. The van der Waals surface area contributed by atoms with Crippen molar-refractivity contribution in [3.05, 3.63) is 29.9 Å². The Balaban J connectivity index is 1.47. The molecule has 170 valence electrons. The fourth-order valence-corrected chi connectivity index (χ4v) is 6.28. The molecular formula is C22H26N4O3S3. The molecule has 0 saturated heterocycles. The highest BCUT2D eigenvalue weighted by molar-refractivity contribution is 8.01. The molecule has 2 heterocycles. The third kappa shape index (κ3) is 5.41. The summed E-state index contributed by atoms with van der Waals surface area (Å²) in [5.74, 6) is 0.0997. The molecule has 0 aliphatic heterocycles. The number of fused-ring (bicyclic) bond motifs is 1. The number of rotatable bonds is 8. The van der Waals surface area contributed by atoms with Crippen LogP contribution in [0.15, 0.2) is 34.1 Å². The standard InChI is InChI=1S/C22H26N4O3S3/c1-22(2,19(27)28)12-30-18-10-23-20(32-18)25-21(29)26(11-14-5-3-4-6-14)15-7-8-16-17(9-15)31-13-24-16/h7-10,13-14H,3-6,11-12H2,1-2H3,(H,27,28)(H,23,25,29). The van der Waals surface area contributed by atoms with Crippen molar-refractivity contribution in [3.63, 3.8) is 0 Å². The van der Waals surface area contributed by atoms with E-state index in [-0.39, 0.29) is 6.03 Å². The number of carboxylic acids is 1. The van der Waals surface area contributed by atoms with Gasteiger partial charge in [-0.05, 0) is 50.8 Å². The van der Waals surface area contributed by atoms with Gasteiger partial charge in [0.1, 0.15) is 0 Å². The molecule has 0 radical (unpaired) electrons. The maximum Gasteiger partial charge on any atom is 0.328 e. The molecule has 7 nitrogen and oxygen atoms in total. The van der Waals surface area contributed by atoms with Crippen LogP contribution < -0.4 is 10.2 Å². The van der Waals surface area contributed by atoms with Crippen molar-refractivity contribution in [2.24, 2.45) is 11.3 Å². The van der Waals surface area contributed by atoms with E-state index < -0.39 is 11.4 Å². The van der Waals surface area contributed by atoms with Crippen LogP contribution >= 0.6 is 34.4 Å². The van der Waals surface area contributed by atoms with Gasteiger partial charge in [0, 0.05) is 18.0 Å². The lowest BCUT2D eigenvalue weighted by Crippen LogP contribution is -2.38. The van der Waals surface area contributed by atoms with Gasteiger partial charge in [-0.15, -0.1) is 23.1 Å². The van der Waals surface area contributed by atoms with E-state index in [2.05, 4.69) is 15.3 Å². The molecule has 10 heteroatoms. The quantitative estimate of drug-likeness (QED) is 0.366. The largest absolute Gasteiger partial charge is 0.481 e. The van der Waals surface area contributed by atoms with Gasteiger partial charge in [0.05, 0.1) is 31.5 Å². The first-order chi connectivity index (χ1) is 15.3. The van der Waals surface area contributed by atoms with Crippen LogP contribution in [0.1, 0.15) is 39.5 Å². The van der Waals surface area contributed by atoms with Crippen molar-refractivity contribution in [1.29, 1.82) is 0 Å². The van der Waals surface area contributed by atoms with Crippen molar-refractivity contribution in [1.82, 2.24) is 9.97 Å². The number of benzene rings is 1. The first-order valence-electron chi connectivity index (χ1n) is 10.6. The third-order valence-corrected chi connectivity index (χ3v) is 9.00. The van der Waals surface area contributed by atoms with Crippen molar-refractivity contribution < 1.29 is 14.7 Å². The number of hydrogen-bond acceptors (Lipinski definition) is 7. The summed E-state index contributed by atoms with van der Waals surface area (Å²) < 4.78 is 1.93. The average molecular weight is 491 g/mol. The number of amides is 2. The maximum absolute atomic E-state index is 13.3. The molecule has 0 spiro atoms. The maximum atomic E-state index is 13.3. The van der Waals surface area contributed by atoms with Crippen molar-refractivity contribution in [2.75, 3.05) is 22.5 Å². The minimum atomic E-state index is -0.830. The molecule has 2 amide bonds. The SMILES string of the molecule is CC(C)(CSc1cnc(NC(=O)N(CC2CCCC2)c2ccc3ncsc3c2)s1)C(=O)O. The number of urea groups is 1. The molecule has 2 N–H and O–H groups in total. The van der Waals surface area contributed by atoms with Crippen LogP contribution in [0, 0.1) is 11.3 Å². The van der Waals surface area contributed by atoms with Crippen LogP contribution in [-0.4, -0.2) is 39.4 Å². The molecule has 1 saturated carbocycles. The molecule has 2 aromatic heterocycles. The third-order valence-electron chi connectivity index (χ3n) is 5.64. The Bertz CT molecular complexity index is 1100. The smallest absolute Gasteiger partial charge is 0.328 e. The van der Waals surface area contributed by atoms with E-state index >= 15 is 0 Å². The van der Waals surface area contributed by atoms with Gasteiger partial charge >= 0.3 is 12.0 Å². The average Bonchev–Trinajstić information content (AvgIpc) is 3.51. The number of carbonyl (C=O) groups is 2. The lowest BCUT2D eigenvalue weighted by molar-refractivity contribution is -0.145. The van der Waals surface area contributed by atoms with E-state index in [0.29, 0.717) is 23.3 Å². The Hall–Kier alpha value is -2.17. The summed E-state index contributed by atoms with van der Waals surface area (Å²) in [4.78, 5) is 35.1. The topological polar surface area (TPSA) is 95.4 Å². The number of carboxylic acid groups (broad SMARTS) is 1. The minimum absolute atomic E-state index is 0.197. The van der Waals surface area contributed by atoms with Gasteiger partial charge in [-0.25, -0.2) is 14.8 Å². The molecule has 0 bridgehead atoms. The van der Waals surface area contributed by atoms with Crippen molar-refractivity contribution >= 4 is 67.5 Å². The molecule has 3 aromatic rings. The van der Waals surface area contributed by atoms with Crippen molar-refractivity contribution in [3.8, 4) is 0 Å². The van der Waals surface area contributed by atoms with E-state index in [1.165, 1.54) is 35.9 Å². The number of thiazole rings is 2. The Labute approximate surface area is 199 Å².